The maximum Gasteiger partial charge on any atom is 0.342 e. The average Bonchev–Trinajstić information content (AvgIpc) is 3.20. The standard InChI is InChI=1S/C42H62O15/c1-5-9-13-23-17-25(15-11-7-3)31(43)27(19-23)39(51)53-21-29-33(45)35(47)37(49)41(55-29)57-42-38(50)36(48)34(46)30(56-42)22-54-40(52)28-20-24(14-10-6-2)18-26(32(28)44)16-12-8-4/h17-20,29-30,33-38,41-50H,5-16,21-22H2,1-4H3. The maximum atomic E-state index is 13.3. The second-order valence-electron chi connectivity index (χ2n) is 15.1. The molecule has 0 radical (unpaired) electrons. The molecule has 0 bridgehead atoms. The van der Waals surface area contributed by atoms with E-state index in [2.05, 4.69) is 0 Å². The fourth-order valence-electron chi connectivity index (χ4n) is 6.94. The number of phenols is 2. The Bertz CT molecular complexity index is 1480. The lowest BCUT2D eigenvalue weighted by atomic mass is 9.97. The number of aromatic hydroxyl groups is 2. The second kappa shape index (κ2) is 22.1. The second-order valence-corrected chi connectivity index (χ2v) is 15.1. The van der Waals surface area contributed by atoms with Crippen LogP contribution in [0.3, 0.4) is 0 Å². The van der Waals surface area contributed by atoms with Gasteiger partial charge in [0.2, 0.25) is 0 Å². The number of phenolic OH excluding ortho intramolecular Hbond substituents is 2. The summed E-state index contributed by atoms with van der Waals surface area (Å²) in [5, 5.41) is 86.2. The molecule has 10 atom stereocenters. The Hall–Kier alpha value is -3.38. The highest BCUT2D eigenvalue weighted by atomic mass is 16.8. The van der Waals surface area contributed by atoms with E-state index in [9.17, 15) is 50.4 Å². The Kier molecular flexibility index (Phi) is 18.0. The maximum absolute atomic E-state index is 13.3. The Labute approximate surface area is 334 Å². The smallest absolute Gasteiger partial charge is 0.342 e. The summed E-state index contributed by atoms with van der Waals surface area (Å²) in [5.41, 5.74) is 2.79. The van der Waals surface area contributed by atoms with Crippen LogP contribution in [0.4, 0.5) is 0 Å². The highest BCUT2D eigenvalue weighted by Gasteiger charge is 2.50. The largest absolute Gasteiger partial charge is 0.507 e. The molecule has 2 aliphatic rings. The SMILES string of the molecule is CCCCc1cc(CCCC)c(O)c(C(=O)OCC2OC(OC3OC(COC(=O)c4cc(CCCC)cc(CCCC)c4O)C(O)C(O)C3O)C(O)C(O)C2O)c1. The van der Waals surface area contributed by atoms with Gasteiger partial charge in [-0.1, -0.05) is 65.5 Å². The van der Waals surface area contributed by atoms with Gasteiger partial charge in [0.25, 0.3) is 0 Å². The topological polar surface area (TPSA) is 242 Å². The van der Waals surface area contributed by atoms with E-state index >= 15 is 0 Å². The minimum atomic E-state index is -1.92. The number of ether oxygens (including phenoxy) is 5. The third-order valence-corrected chi connectivity index (χ3v) is 10.5. The number of carbonyl (C=O) groups excluding carboxylic acids is 2. The first kappa shape index (κ1) is 46.3. The number of hydrogen-bond acceptors (Lipinski definition) is 15. The van der Waals surface area contributed by atoms with Gasteiger partial charge in [0.15, 0.2) is 12.6 Å². The van der Waals surface area contributed by atoms with E-state index in [0.29, 0.717) is 36.8 Å². The third-order valence-electron chi connectivity index (χ3n) is 10.5. The number of hydrogen-bond donors (Lipinski definition) is 8. The van der Waals surface area contributed by atoms with Gasteiger partial charge in [0, 0.05) is 0 Å². The first-order chi connectivity index (χ1) is 27.3. The van der Waals surface area contributed by atoms with Crippen molar-refractivity contribution in [1.82, 2.24) is 0 Å². The molecule has 15 heteroatoms. The van der Waals surface area contributed by atoms with Crippen LogP contribution in [0.1, 0.15) is 122 Å². The molecule has 15 nitrogen and oxygen atoms in total. The number of aryl methyl sites for hydroxylation is 4. The molecule has 2 aromatic carbocycles. The molecule has 0 aliphatic carbocycles. The summed E-state index contributed by atoms with van der Waals surface area (Å²) in [4.78, 5) is 26.6. The van der Waals surface area contributed by atoms with Gasteiger partial charge >= 0.3 is 11.9 Å². The average molecular weight is 807 g/mol. The molecular weight excluding hydrogens is 744 g/mol. The predicted octanol–water partition coefficient (Wildman–Crippen LogP) is 3.11. The van der Waals surface area contributed by atoms with Crippen molar-refractivity contribution in [3.8, 4) is 11.5 Å². The Morgan fingerprint density at radius 1 is 0.526 bits per heavy atom. The summed E-state index contributed by atoms with van der Waals surface area (Å²) in [7, 11) is 0. The zero-order valence-corrected chi connectivity index (χ0v) is 33.4. The summed E-state index contributed by atoms with van der Waals surface area (Å²) in [5.74, 6) is -2.24. The van der Waals surface area contributed by atoms with Crippen LogP contribution in [-0.4, -0.2) is 127 Å². The van der Waals surface area contributed by atoms with Crippen molar-refractivity contribution in [3.63, 3.8) is 0 Å². The van der Waals surface area contributed by atoms with Crippen LogP contribution < -0.4 is 0 Å². The van der Waals surface area contributed by atoms with E-state index in [0.717, 1.165) is 62.5 Å². The first-order valence-electron chi connectivity index (χ1n) is 20.3. The van der Waals surface area contributed by atoms with Crippen molar-refractivity contribution in [2.45, 2.75) is 166 Å². The van der Waals surface area contributed by atoms with Gasteiger partial charge in [-0.3, -0.25) is 0 Å². The summed E-state index contributed by atoms with van der Waals surface area (Å²) in [6.45, 7) is 6.82. The van der Waals surface area contributed by atoms with E-state index < -0.39 is 86.6 Å². The number of unbranched alkanes of at least 4 members (excludes halogenated alkanes) is 4. The number of aliphatic hydroxyl groups is 6. The van der Waals surface area contributed by atoms with Crippen molar-refractivity contribution in [2.24, 2.45) is 0 Å². The molecule has 2 saturated heterocycles. The van der Waals surface area contributed by atoms with Crippen LogP contribution in [-0.2, 0) is 49.4 Å². The monoisotopic (exact) mass is 806 g/mol. The molecular formula is C42H62O15. The predicted molar refractivity (Wildman–Crippen MR) is 206 cm³/mol. The Morgan fingerprint density at radius 2 is 0.877 bits per heavy atom. The van der Waals surface area contributed by atoms with Crippen LogP contribution in [0.2, 0.25) is 0 Å². The molecule has 10 unspecified atom stereocenters. The van der Waals surface area contributed by atoms with E-state index in [1.807, 2.05) is 39.8 Å². The van der Waals surface area contributed by atoms with Crippen LogP contribution in [0.5, 0.6) is 11.5 Å². The number of rotatable bonds is 20. The quantitative estimate of drug-likeness (QED) is 0.0897. The molecule has 0 spiro atoms. The molecule has 0 aromatic heterocycles. The Balaban J connectivity index is 1.44. The normalized spacial score (nSPS) is 27.6. The van der Waals surface area contributed by atoms with Crippen molar-refractivity contribution in [1.29, 1.82) is 0 Å². The lowest BCUT2D eigenvalue weighted by molar-refractivity contribution is -0.376. The molecule has 2 aliphatic heterocycles. The minimum absolute atomic E-state index is 0.0669. The summed E-state index contributed by atoms with van der Waals surface area (Å²) in [6, 6.07) is 6.86. The molecule has 0 saturated carbocycles. The fourth-order valence-corrected chi connectivity index (χ4v) is 6.94. The minimum Gasteiger partial charge on any atom is -0.507 e. The fraction of sp³-hybridized carbons (Fsp3) is 0.667. The van der Waals surface area contributed by atoms with Crippen molar-refractivity contribution >= 4 is 11.9 Å². The number of esters is 2. The first-order valence-corrected chi connectivity index (χ1v) is 20.3. The summed E-state index contributed by atoms with van der Waals surface area (Å²) >= 11 is 0. The third kappa shape index (κ3) is 11.9. The molecule has 2 fully saturated rings. The lowest BCUT2D eigenvalue weighted by Gasteiger charge is -2.44. The van der Waals surface area contributed by atoms with Crippen molar-refractivity contribution in [2.75, 3.05) is 13.2 Å². The van der Waals surface area contributed by atoms with Gasteiger partial charge in [-0.25, -0.2) is 9.59 Å². The molecule has 8 N–H and O–H groups in total. The Morgan fingerprint density at radius 3 is 1.23 bits per heavy atom. The molecule has 2 heterocycles. The van der Waals surface area contributed by atoms with Crippen LogP contribution in [0, 0.1) is 0 Å². The van der Waals surface area contributed by atoms with Crippen LogP contribution >= 0.6 is 0 Å². The molecule has 4 rings (SSSR count). The number of carbonyl (C=O) groups is 2. The van der Waals surface area contributed by atoms with E-state index in [-0.39, 0.29) is 22.6 Å². The highest BCUT2D eigenvalue weighted by molar-refractivity contribution is 5.93. The van der Waals surface area contributed by atoms with E-state index in [1.165, 1.54) is 0 Å². The van der Waals surface area contributed by atoms with Gasteiger partial charge in [-0.15, -0.1) is 0 Å². The summed E-state index contributed by atoms with van der Waals surface area (Å²) in [6.07, 6.45) is -8.36. The van der Waals surface area contributed by atoms with Crippen LogP contribution in [0.25, 0.3) is 0 Å². The molecule has 320 valence electrons. The number of benzene rings is 2. The zero-order chi connectivity index (χ0) is 41.8. The van der Waals surface area contributed by atoms with Gasteiger partial charge < -0.3 is 64.5 Å². The van der Waals surface area contributed by atoms with E-state index in [1.54, 1.807) is 12.1 Å². The summed E-state index contributed by atoms with van der Waals surface area (Å²) < 4.78 is 27.9. The van der Waals surface area contributed by atoms with Crippen LogP contribution in [0.15, 0.2) is 24.3 Å². The molecule has 2 aromatic rings. The van der Waals surface area contributed by atoms with Gasteiger partial charge in [0.05, 0.1) is 0 Å². The van der Waals surface area contributed by atoms with Crippen molar-refractivity contribution in [3.05, 3.63) is 57.6 Å². The molecule has 0 amide bonds. The highest BCUT2D eigenvalue weighted by Crippen LogP contribution is 2.32. The van der Waals surface area contributed by atoms with E-state index in [4.69, 9.17) is 23.7 Å². The van der Waals surface area contributed by atoms with Crippen molar-refractivity contribution < 1.29 is 74.1 Å². The lowest BCUT2D eigenvalue weighted by Crippen LogP contribution is -2.64. The molecule has 57 heavy (non-hydrogen) atoms. The van der Waals surface area contributed by atoms with Gasteiger partial charge in [-0.2, -0.15) is 0 Å². The zero-order valence-electron chi connectivity index (χ0n) is 33.4. The van der Waals surface area contributed by atoms with Gasteiger partial charge in [0.1, 0.15) is 84.7 Å². The van der Waals surface area contributed by atoms with Gasteiger partial charge in [-0.05, 0) is 85.8 Å². The number of aliphatic hydroxyl groups excluding tert-OH is 6.